The van der Waals surface area contributed by atoms with E-state index in [1.54, 1.807) is 0 Å². The van der Waals surface area contributed by atoms with E-state index in [4.69, 9.17) is 0 Å². The van der Waals surface area contributed by atoms with Crippen molar-refractivity contribution in [2.24, 2.45) is 21.4 Å². The van der Waals surface area contributed by atoms with Gasteiger partial charge in [0.1, 0.15) is 11.1 Å². The number of benzene rings is 1. The fraction of sp³-hybridized carbons (Fsp3) is 0.471. The molecule has 23 heavy (non-hydrogen) atoms. The van der Waals surface area contributed by atoms with Crippen LogP contribution in [0.15, 0.2) is 29.4 Å². The van der Waals surface area contributed by atoms with Crippen LogP contribution in [0.1, 0.15) is 33.6 Å². The molecule has 1 aromatic rings. The lowest BCUT2D eigenvalue weighted by Crippen LogP contribution is -2.47. The second-order valence-electron chi connectivity index (χ2n) is 7.10. The second-order valence-corrected chi connectivity index (χ2v) is 8.35. The molecule has 2 unspecified atom stereocenters. The van der Waals surface area contributed by atoms with Gasteiger partial charge in [-0.1, -0.05) is 25.9 Å². The van der Waals surface area contributed by atoms with E-state index in [0.717, 1.165) is 3.57 Å². The van der Waals surface area contributed by atoms with E-state index in [1.807, 2.05) is 45.0 Å². The largest absolute Gasteiger partial charge is 0.411 e. The third-order valence-electron chi connectivity index (χ3n) is 6.16. The van der Waals surface area contributed by atoms with Crippen LogP contribution in [0.2, 0.25) is 0 Å². The molecule has 1 amide bonds. The standard InChI is InChI=1S/C17H19IN2O3/c1-15(2)16(3)8-9-17(15,13(21)12(16)20-23)14(22)19-11-6-4-10(18)5-7-11/h4-7,23H,8-9H2,1-3H3,(H,19,22)/b20-12+. The molecule has 122 valence electrons. The zero-order valence-corrected chi connectivity index (χ0v) is 15.5. The summed E-state index contributed by atoms with van der Waals surface area (Å²) >= 11 is 2.19. The van der Waals surface area contributed by atoms with Crippen molar-refractivity contribution in [3.8, 4) is 0 Å². The summed E-state index contributed by atoms with van der Waals surface area (Å²) < 4.78 is 1.07. The van der Waals surface area contributed by atoms with E-state index < -0.39 is 16.2 Å². The van der Waals surface area contributed by atoms with Crippen LogP contribution in [0.3, 0.4) is 0 Å². The van der Waals surface area contributed by atoms with Gasteiger partial charge in [0.15, 0.2) is 5.78 Å². The number of hydrogen-bond acceptors (Lipinski definition) is 4. The maximum Gasteiger partial charge on any atom is 0.239 e. The minimum absolute atomic E-state index is 0.131. The van der Waals surface area contributed by atoms with Gasteiger partial charge in [0.05, 0.1) is 0 Å². The third kappa shape index (κ3) is 1.87. The lowest BCUT2D eigenvalue weighted by atomic mass is 9.64. The predicted octanol–water partition coefficient (Wildman–Crippen LogP) is 3.46. The van der Waals surface area contributed by atoms with Crippen LogP contribution in [-0.4, -0.2) is 22.6 Å². The van der Waals surface area contributed by atoms with Crippen molar-refractivity contribution in [1.29, 1.82) is 0 Å². The molecule has 0 spiro atoms. The van der Waals surface area contributed by atoms with E-state index in [1.165, 1.54) is 0 Å². The zero-order chi connectivity index (χ0) is 17.0. The number of carbonyl (C=O) groups is 2. The fourth-order valence-electron chi connectivity index (χ4n) is 4.23. The number of carbonyl (C=O) groups excluding carboxylic acids is 2. The van der Waals surface area contributed by atoms with Crippen molar-refractivity contribution >= 4 is 45.7 Å². The molecule has 2 saturated carbocycles. The summed E-state index contributed by atoms with van der Waals surface area (Å²) in [7, 11) is 0. The highest BCUT2D eigenvalue weighted by Gasteiger charge is 2.76. The van der Waals surface area contributed by atoms with Crippen LogP contribution in [0.25, 0.3) is 0 Å². The second kappa shape index (κ2) is 5.03. The molecule has 6 heteroatoms. The Morgan fingerprint density at radius 3 is 2.35 bits per heavy atom. The average molecular weight is 426 g/mol. The zero-order valence-electron chi connectivity index (χ0n) is 13.3. The molecule has 0 heterocycles. The lowest BCUT2D eigenvalue weighted by molar-refractivity contribution is -0.140. The number of ketones is 1. The number of Topliss-reactive ketones (excluding diaryl/α,β-unsaturated/α-hetero) is 1. The molecule has 2 N–H and O–H groups in total. The quantitative estimate of drug-likeness (QED) is 0.329. The molecular weight excluding hydrogens is 407 g/mol. The van der Waals surface area contributed by atoms with Gasteiger partial charge in [-0.2, -0.15) is 0 Å². The molecule has 2 atom stereocenters. The van der Waals surface area contributed by atoms with Crippen LogP contribution < -0.4 is 5.32 Å². The van der Waals surface area contributed by atoms with Crippen LogP contribution in [0.5, 0.6) is 0 Å². The first-order chi connectivity index (χ1) is 10.7. The number of nitrogens with one attached hydrogen (secondary N) is 1. The van der Waals surface area contributed by atoms with Crippen molar-refractivity contribution in [1.82, 2.24) is 0 Å². The van der Waals surface area contributed by atoms with Crippen molar-refractivity contribution in [2.75, 3.05) is 5.32 Å². The van der Waals surface area contributed by atoms with Gasteiger partial charge in [0, 0.05) is 14.7 Å². The Bertz CT molecular complexity index is 726. The van der Waals surface area contributed by atoms with Gasteiger partial charge in [-0.3, -0.25) is 9.59 Å². The Kier molecular flexibility index (Phi) is 3.59. The number of hydrogen-bond donors (Lipinski definition) is 2. The Hall–Kier alpha value is -1.44. The molecule has 0 aliphatic heterocycles. The Labute approximate surface area is 148 Å². The van der Waals surface area contributed by atoms with Crippen molar-refractivity contribution < 1.29 is 14.8 Å². The summed E-state index contributed by atoms with van der Waals surface area (Å²) in [5.74, 6) is -0.655. The smallest absolute Gasteiger partial charge is 0.239 e. The van der Waals surface area contributed by atoms with Gasteiger partial charge in [-0.15, -0.1) is 0 Å². The number of halogens is 1. The van der Waals surface area contributed by atoms with E-state index in [2.05, 4.69) is 33.1 Å². The molecule has 3 rings (SSSR count). The summed E-state index contributed by atoms with van der Waals surface area (Å²) in [6.07, 6.45) is 1.13. The van der Waals surface area contributed by atoms with Crippen LogP contribution in [0.4, 0.5) is 5.69 Å². The molecule has 2 aliphatic rings. The highest BCUT2D eigenvalue weighted by atomic mass is 127. The normalized spacial score (nSPS) is 33.2. The molecule has 2 fully saturated rings. The lowest BCUT2D eigenvalue weighted by Gasteiger charge is -2.37. The van der Waals surface area contributed by atoms with E-state index in [9.17, 15) is 14.8 Å². The average Bonchev–Trinajstić information content (AvgIpc) is 2.77. The van der Waals surface area contributed by atoms with Crippen LogP contribution in [0, 0.1) is 19.8 Å². The summed E-state index contributed by atoms with van der Waals surface area (Å²) in [5, 5.41) is 15.4. The van der Waals surface area contributed by atoms with Gasteiger partial charge >= 0.3 is 0 Å². The summed E-state index contributed by atoms with van der Waals surface area (Å²) in [6, 6.07) is 7.43. The molecule has 0 saturated heterocycles. The topological polar surface area (TPSA) is 78.8 Å². The molecule has 2 bridgehead atoms. The number of oxime groups is 1. The number of rotatable bonds is 2. The first-order valence-corrected chi connectivity index (χ1v) is 8.63. The highest BCUT2D eigenvalue weighted by molar-refractivity contribution is 14.1. The summed E-state index contributed by atoms with van der Waals surface area (Å²) in [6.45, 7) is 5.75. The Morgan fingerprint density at radius 2 is 1.83 bits per heavy atom. The summed E-state index contributed by atoms with van der Waals surface area (Å²) in [4.78, 5) is 25.9. The van der Waals surface area contributed by atoms with Crippen molar-refractivity contribution in [3.63, 3.8) is 0 Å². The monoisotopic (exact) mass is 426 g/mol. The SMILES string of the molecule is CC12CCC(C(=O)Nc3ccc(I)cc3)(C(=O)/C1=N\O)C2(C)C. The molecule has 2 aliphatic carbocycles. The van der Waals surface area contributed by atoms with Gasteiger partial charge < -0.3 is 10.5 Å². The predicted molar refractivity (Wildman–Crippen MR) is 95.6 cm³/mol. The number of amides is 1. The molecule has 0 aromatic heterocycles. The molecule has 0 radical (unpaired) electrons. The van der Waals surface area contributed by atoms with Crippen molar-refractivity contribution in [3.05, 3.63) is 27.8 Å². The van der Waals surface area contributed by atoms with E-state index in [0.29, 0.717) is 18.5 Å². The Balaban J connectivity index is 2.02. The van der Waals surface area contributed by atoms with Gasteiger partial charge in [-0.25, -0.2) is 0 Å². The highest BCUT2D eigenvalue weighted by Crippen LogP contribution is 2.69. The first-order valence-electron chi connectivity index (χ1n) is 7.55. The molecular formula is C17H19IN2O3. The van der Waals surface area contributed by atoms with Crippen LogP contribution >= 0.6 is 22.6 Å². The van der Waals surface area contributed by atoms with Gasteiger partial charge in [-0.05, 0) is 65.1 Å². The van der Waals surface area contributed by atoms with E-state index >= 15 is 0 Å². The first kappa shape index (κ1) is 16.4. The maximum atomic E-state index is 13.0. The van der Waals surface area contributed by atoms with Crippen LogP contribution in [-0.2, 0) is 9.59 Å². The minimum atomic E-state index is -1.17. The molecule has 5 nitrogen and oxygen atoms in total. The number of anilines is 1. The molecule has 1 aromatic carbocycles. The number of fused-ring (bicyclic) bond motifs is 2. The third-order valence-corrected chi connectivity index (χ3v) is 6.88. The number of nitrogens with zero attached hydrogens (tertiary/aromatic N) is 1. The summed E-state index contributed by atoms with van der Waals surface area (Å²) in [5.41, 5.74) is -1.57. The van der Waals surface area contributed by atoms with Gasteiger partial charge in [0.25, 0.3) is 0 Å². The maximum absolute atomic E-state index is 13.0. The fourth-order valence-corrected chi connectivity index (χ4v) is 4.58. The van der Waals surface area contributed by atoms with E-state index in [-0.39, 0.29) is 17.4 Å². The minimum Gasteiger partial charge on any atom is -0.411 e. The Morgan fingerprint density at radius 1 is 1.22 bits per heavy atom. The van der Waals surface area contributed by atoms with Crippen molar-refractivity contribution in [2.45, 2.75) is 33.6 Å². The van der Waals surface area contributed by atoms with Gasteiger partial charge in [0.2, 0.25) is 5.91 Å².